The zero-order chi connectivity index (χ0) is 20.2. The highest BCUT2D eigenvalue weighted by Gasteiger charge is 2.18. The van der Waals surface area contributed by atoms with Crippen molar-refractivity contribution in [1.82, 2.24) is 0 Å². The van der Waals surface area contributed by atoms with Crippen LogP contribution in [0.1, 0.15) is 143 Å². The lowest BCUT2D eigenvalue weighted by Crippen LogP contribution is -2.24. The molecule has 0 aliphatic carbocycles. The molecule has 2 unspecified atom stereocenters. The van der Waals surface area contributed by atoms with E-state index in [1.807, 2.05) is 0 Å². The molecule has 0 N–H and O–H groups in total. The van der Waals surface area contributed by atoms with Gasteiger partial charge >= 0.3 is 5.97 Å². The Labute approximate surface area is 171 Å². The fourth-order valence-corrected chi connectivity index (χ4v) is 3.93. The highest BCUT2D eigenvalue weighted by atomic mass is 16.5. The van der Waals surface area contributed by atoms with Crippen LogP contribution >= 0.6 is 0 Å². The molecule has 0 fully saturated rings. The summed E-state index contributed by atoms with van der Waals surface area (Å²) in [6.07, 6.45) is 22.8. The molecule has 0 saturated heterocycles. The first-order valence-electron chi connectivity index (χ1n) is 12.3. The Hall–Kier alpha value is -0.530. The third-order valence-corrected chi connectivity index (χ3v) is 5.80. The third-order valence-electron chi connectivity index (χ3n) is 5.80. The van der Waals surface area contributed by atoms with Gasteiger partial charge in [0.15, 0.2) is 0 Å². The molecule has 0 rings (SSSR count). The molecule has 0 aromatic heterocycles. The van der Waals surface area contributed by atoms with Crippen LogP contribution in [0.3, 0.4) is 0 Å². The van der Waals surface area contributed by atoms with Crippen molar-refractivity contribution in [3.05, 3.63) is 0 Å². The van der Waals surface area contributed by atoms with Crippen molar-refractivity contribution < 1.29 is 9.53 Å². The third kappa shape index (κ3) is 17.3. The van der Waals surface area contributed by atoms with Crippen LogP contribution in [0.4, 0.5) is 0 Å². The predicted molar refractivity (Wildman–Crippen MR) is 119 cm³/mol. The second kappa shape index (κ2) is 20.2. The van der Waals surface area contributed by atoms with E-state index < -0.39 is 0 Å². The van der Waals surface area contributed by atoms with Gasteiger partial charge < -0.3 is 4.74 Å². The minimum Gasteiger partial charge on any atom is -0.462 e. The fraction of sp³-hybridized carbons (Fsp3) is 0.960. The van der Waals surface area contributed by atoms with Crippen LogP contribution < -0.4 is 0 Å². The number of unbranched alkanes of at least 4 members (excludes halogenated alkanes) is 13. The average Bonchev–Trinajstić information content (AvgIpc) is 2.66. The highest BCUT2D eigenvalue weighted by molar-refractivity contribution is 5.69. The molecule has 27 heavy (non-hydrogen) atoms. The fourth-order valence-electron chi connectivity index (χ4n) is 3.93. The smallest absolute Gasteiger partial charge is 0.306 e. The molecule has 162 valence electrons. The molecule has 0 spiro atoms. The van der Waals surface area contributed by atoms with Crippen LogP contribution in [0.25, 0.3) is 0 Å². The van der Waals surface area contributed by atoms with Gasteiger partial charge in [-0.15, -0.1) is 0 Å². The van der Waals surface area contributed by atoms with Gasteiger partial charge in [-0.3, -0.25) is 4.79 Å². The monoisotopic (exact) mass is 382 g/mol. The quantitative estimate of drug-likeness (QED) is 0.155. The number of carbonyl (C=O) groups excluding carboxylic acids is 1. The van der Waals surface area contributed by atoms with E-state index in [0.717, 1.165) is 25.7 Å². The first-order valence-corrected chi connectivity index (χ1v) is 12.3. The standard InChI is InChI=1S/C25H50O2/c1-5-8-9-10-11-12-13-14-15-16-17-18-19-20-22-25(26)27-24(7-3)23(4)21-6-2/h23-24H,5-22H2,1-4H3. The largest absolute Gasteiger partial charge is 0.462 e. The maximum absolute atomic E-state index is 12.0. The van der Waals surface area contributed by atoms with Crippen molar-refractivity contribution in [2.45, 2.75) is 149 Å². The maximum atomic E-state index is 12.0. The summed E-state index contributed by atoms with van der Waals surface area (Å²) in [5.41, 5.74) is 0. The van der Waals surface area contributed by atoms with Crippen LogP contribution in [0.15, 0.2) is 0 Å². The van der Waals surface area contributed by atoms with Crippen LogP contribution in [-0.2, 0) is 9.53 Å². The lowest BCUT2D eigenvalue weighted by molar-refractivity contribution is -0.152. The summed E-state index contributed by atoms with van der Waals surface area (Å²) in [7, 11) is 0. The Bertz CT molecular complexity index is 313. The lowest BCUT2D eigenvalue weighted by Gasteiger charge is -2.22. The molecule has 2 atom stereocenters. The second-order valence-electron chi connectivity index (χ2n) is 8.55. The summed E-state index contributed by atoms with van der Waals surface area (Å²) in [6.45, 7) is 8.80. The van der Waals surface area contributed by atoms with Crippen molar-refractivity contribution >= 4 is 5.97 Å². The van der Waals surface area contributed by atoms with E-state index in [0.29, 0.717) is 12.3 Å². The van der Waals surface area contributed by atoms with Crippen molar-refractivity contribution in [2.24, 2.45) is 5.92 Å². The van der Waals surface area contributed by atoms with E-state index in [4.69, 9.17) is 4.74 Å². The number of rotatable bonds is 20. The number of esters is 1. The summed E-state index contributed by atoms with van der Waals surface area (Å²) in [5.74, 6) is 0.504. The molecule has 0 aromatic rings. The van der Waals surface area contributed by atoms with E-state index >= 15 is 0 Å². The summed E-state index contributed by atoms with van der Waals surface area (Å²) >= 11 is 0. The summed E-state index contributed by atoms with van der Waals surface area (Å²) in [4.78, 5) is 12.0. The van der Waals surface area contributed by atoms with Gasteiger partial charge in [-0.25, -0.2) is 0 Å². The summed E-state index contributed by atoms with van der Waals surface area (Å²) < 4.78 is 5.69. The second-order valence-corrected chi connectivity index (χ2v) is 8.55. The number of carbonyl (C=O) groups is 1. The van der Waals surface area contributed by atoms with Gasteiger partial charge in [0.25, 0.3) is 0 Å². The molecular weight excluding hydrogens is 332 g/mol. The minimum absolute atomic E-state index is 0.0174. The molecule has 2 nitrogen and oxygen atoms in total. The molecule has 0 aliphatic rings. The molecule has 0 bridgehead atoms. The molecule has 0 aromatic carbocycles. The number of hydrogen-bond donors (Lipinski definition) is 0. The number of hydrogen-bond acceptors (Lipinski definition) is 2. The van der Waals surface area contributed by atoms with Crippen LogP contribution in [0, 0.1) is 5.92 Å². The Morgan fingerprint density at radius 2 is 1.11 bits per heavy atom. The first-order chi connectivity index (χ1) is 13.2. The average molecular weight is 383 g/mol. The van der Waals surface area contributed by atoms with Crippen LogP contribution in [-0.4, -0.2) is 12.1 Å². The van der Waals surface area contributed by atoms with Gasteiger partial charge in [-0.05, 0) is 25.2 Å². The van der Waals surface area contributed by atoms with Crippen molar-refractivity contribution in [2.75, 3.05) is 0 Å². The Morgan fingerprint density at radius 3 is 1.52 bits per heavy atom. The molecule has 0 amide bonds. The molecule has 0 radical (unpaired) electrons. The van der Waals surface area contributed by atoms with E-state index in [-0.39, 0.29) is 12.1 Å². The van der Waals surface area contributed by atoms with Gasteiger partial charge in [0.1, 0.15) is 6.10 Å². The van der Waals surface area contributed by atoms with Gasteiger partial charge in [-0.2, -0.15) is 0 Å². The molecular formula is C25H50O2. The summed E-state index contributed by atoms with van der Waals surface area (Å²) in [5, 5.41) is 0. The number of ether oxygens (including phenoxy) is 1. The van der Waals surface area contributed by atoms with Gasteiger partial charge in [0, 0.05) is 6.42 Å². The van der Waals surface area contributed by atoms with Gasteiger partial charge in [0.05, 0.1) is 0 Å². The van der Waals surface area contributed by atoms with E-state index in [2.05, 4.69) is 27.7 Å². The predicted octanol–water partition coefficient (Wildman–Crippen LogP) is 8.62. The van der Waals surface area contributed by atoms with Crippen LogP contribution in [0.5, 0.6) is 0 Å². The topological polar surface area (TPSA) is 26.3 Å². The Kier molecular flexibility index (Phi) is 19.8. The van der Waals surface area contributed by atoms with E-state index in [1.54, 1.807) is 0 Å². The molecule has 0 aliphatic heterocycles. The molecule has 0 heterocycles. The molecule has 0 saturated carbocycles. The van der Waals surface area contributed by atoms with Crippen molar-refractivity contribution in [3.8, 4) is 0 Å². The zero-order valence-electron chi connectivity index (χ0n) is 19.2. The molecule has 2 heteroatoms. The van der Waals surface area contributed by atoms with E-state index in [1.165, 1.54) is 83.5 Å². The summed E-state index contributed by atoms with van der Waals surface area (Å²) in [6, 6.07) is 0. The van der Waals surface area contributed by atoms with Crippen molar-refractivity contribution in [1.29, 1.82) is 0 Å². The van der Waals surface area contributed by atoms with Crippen LogP contribution in [0.2, 0.25) is 0 Å². The van der Waals surface area contributed by atoms with Crippen molar-refractivity contribution in [3.63, 3.8) is 0 Å². The van der Waals surface area contributed by atoms with E-state index in [9.17, 15) is 4.79 Å². The zero-order valence-corrected chi connectivity index (χ0v) is 19.2. The Morgan fingerprint density at radius 1 is 0.667 bits per heavy atom. The van der Waals surface area contributed by atoms with Gasteiger partial charge in [-0.1, -0.05) is 118 Å². The first kappa shape index (κ1) is 26.5. The van der Waals surface area contributed by atoms with Gasteiger partial charge in [0.2, 0.25) is 0 Å². The minimum atomic E-state index is 0.0174. The maximum Gasteiger partial charge on any atom is 0.306 e. The normalized spacial score (nSPS) is 13.5. The SMILES string of the molecule is CCCCCCCCCCCCCCCCC(=O)OC(CC)C(C)CCC. The highest BCUT2D eigenvalue weighted by Crippen LogP contribution is 2.18. The Balaban J connectivity index is 3.39. The lowest BCUT2D eigenvalue weighted by atomic mass is 9.97.